The summed E-state index contributed by atoms with van der Waals surface area (Å²) in [7, 11) is -2.94. The minimum absolute atomic E-state index is 0.734. The lowest BCUT2D eigenvalue weighted by molar-refractivity contribution is 0.316. The van der Waals surface area contributed by atoms with E-state index in [0.717, 1.165) is 48.9 Å². The van der Waals surface area contributed by atoms with Crippen LogP contribution in [0.5, 0.6) is 11.5 Å². The van der Waals surface area contributed by atoms with Crippen molar-refractivity contribution in [1.29, 1.82) is 0 Å². The maximum absolute atomic E-state index is 5.84. The Morgan fingerprint density at radius 3 is 1.52 bits per heavy atom. The van der Waals surface area contributed by atoms with E-state index in [-0.39, 0.29) is 0 Å². The molecule has 160 valence electrons. The molecule has 0 bridgehead atoms. The second kappa shape index (κ2) is 10.7. The molecule has 7 heteroatoms. The fourth-order valence-electron chi connectivity index (χ4n) is 3.66. The largest absolute Gasteiger partial charge is 0.494 e. The van der Waals surface area contributed by atoms with E-state index in [0.29, 0.717) is 0 Å². The normalized spacial score (nSPS) is 12.0. The van der Waals surface area contributed by atoms with Gasteiger partial charge in [0.05, 0.1) is 13.2 Å². The number of nitrogen functional groups attached to an aromatic ring is 2. The monoisotopic (exact) mass is 431 g/mol. The molecule has 0 aliphatic heterocycles. The number of hydrogen-bond acceptors (Lipinski definition) is 5. The first kappa shape index (κ1) is 23.3. The van der Waals surface area contributed by atoms with Gasteiger partial charge in [0.25, 0.3) is 0 Å². The van der Waals surface area contributed by atoms with Crippen molar-refractivity contribution < 1.29 is 9.47 Å². The Labute approximate surface area is 178 Å². The molecule has 0 saturated carbocycles. The fourth-order valence-corrected chi connectivity index (χ4v) is 14.0. The summed E-state index contributed by atoms with van der Waals surface area (Å²) in [5, 5.41) is 0. The molecule has 0 aliphatic rings. The maximum Gasteiger partial charge on any atom is 0.121 e. The molecule has 0 amide bonds. The van der Waals surface area contributed by atoms with Crippen molar-refractivity contribution >= 4 is 27.8 Å². The van der Waals surface area contributed by atoms with Gasteiger partial charge in [0.15, 0.2) is 0 Å². The van der Waals surface area contributed by atoms with Crippen LogP contribution in [0.4, 0.5) is 11.4 Å². The summed E-state index contributed by atoms with van der Waals surface area (Å²) >= 11 is 0. The van der Waals surface area contributed by atoms with Gasteiger partial charge in [-0.05, 0) is 49.2 Å². The molecule has 0 radical (unpaired) electrons. The molecule has 5 nitrogen and oxygen atoms in total. The lowest BCUT2D eigenvalue weighted by Gasteiger charge is -2.35. The van der Waals surface area contributed by atoms with E-state index >= 15 is 0 Å². The van der Waals surface area contributed by atoms with Gasteiger partial charge in [-0.2, -0.15) is 0 Å². The summed E-state index contributed by atoms with van der Waals surface area (Å²) in [6, 6.07) is 17.7. The van der Waals surface area contributed by atoms with Crippen molar-refractivity contribution in [3.63, 3.8) is 0 Å². The van der Waals surface area contributed by atoms with Gasteiger partial charge in [-0.1, -0.05) is 38.3 Å². The second-order valence-electron chi connectivity index (χ2n) is 8.94. The van der Waals surface area contributed by atoms with E-state index in [1.54, 1.807) is 0 Å². The molecule has 0 unspecified atom stereocenters. The van der Waals surface area contributed by atoms with Gasteiger partial charge in [0.1, 0.15) is 28.0 Å². The fraction of sp³-hybridized carbons (Fsp3) is 0.455. The van der Waals surface area contributed by atoms with Crippen LogP contribution in [-0.4, -0.2) is 29.7 Å². The third kappa shape index (κ3) is 9.38. The predicted octanol–water partition coefficient (Wildman–Crippen LogP) is 5.09. The van der Waals surface area contributed by atoms with E-state index in [2.05, 4.69) is 30.8 Å². The number of ether oxygens (including phenoxy) is 2. The van der Waals surface area contributed by atoms with Gasteiger partial charge < -0.3 is 25.6 Å². The molecule has 2 aromatic carbocycles. The molecule has 2 rings (SSSR count). The predicted molar refractivity (Wildman–Crippen MR) is 130 cm³/mol. The smallest absolute Gasteiger partial charge is 0.121 e. The molecule has 0 heterocycles. The first-order valence-corrected chi connectivity index (χ1v) is 16.8. The molecule has 2 aromatic rings. The topological polar surface area (TPSA) is 82.5 Å². The third-order valence-electron chi connectivity index (χ3n) is 4.82. The lowest BCUT2D eigenvalue weighted by Crippen LogP contribution is -2.59. The van der Waals surface area contributed by atoms with Crippen LogP contribution in [-0.2, 0) is 0 Å². The summed E-state index contributed by atoms with van der Waals surface area (Å²) in [6.45, 7) is 11.2. The van der Waals surface area contributed by atoms with Crippen molar-refractivity contribution in [2.75, 3.05) is 24.7 Å². The summed E-state index contributed by atoms with van der Waals surface area (Å²) in [5.41, 5.74) is 13.1. The van der Waals surface area contributed by atoms with Gasteiger partial charge in [0, 0.05) is 23.5 Å². The molecule has 0 atom stereocenters. The minimum atomic E-state index is -1.47. The number of rotatable bonds is 12. The highest BCUT2D eigenvalue weighted by Crippen LogP contribution is 2.20. The minimum Gasteiger partial charge on any atom is -0.494 e. The van der Waals surface area contributed by atoms with Crippen molar-refractivity contribution in [3.05, 3.63) is 48.5 Å². The maximum atomic E-state index is 5.84. The molecular weight excluding hydrogens is 394 g/mol. The van der Waals surface area contributed by atoms with Crippen molar-refractivity contribution in [2.24, 2.45) is 0 Å². The standard InChI is InChI=1S/C22H37N3O2Si2/c1-28(2,15-7-13-26-21-11-5-9-19(23)17-21)25-29(3,4)16-8-14-27-22-12-6-10-20(24)18-22/h5-6,9-12,17-18,25H,7-8,13-16,23-24H2,1-4H3. The zero-order chi connectivity index (χ0) is 21.3. The Kier molecular flexibility index (Phi) is 8.61. The zero-order valence-corrected chi connectivity index (χ0v) is 20.3. The van der Waals surface area contributed by atoms with Gasteiger partial charge >= 0.3 is 0 Å². The molecule has 0 aliphatic carbocycles. The first-order valence-electron chi connectivity index (χ1n) is 10.4. The molecular formula is C22H37N3O2Si2. The van der Waals surface area contributed by atoms with Gasteiger partial charge in [0.2, 0.25) is 0 Å². The Morgan fingerprint density at radius 1 is 0.724 bits per heavy atom. The highest BCUT2D eigenvalue weighted by molar-refractivity contribution is 6.91. The zero-order valence-electron chi connectivity index (χ0n) is 18.3. The molecule has 0 saturated heterocycles. The molecule has 0 aromatic heterocycles. The Balaban J connectivity index is 1.67. The van der Waals surface area contributed by atoms with E-state index in [4.69, 9.17) is 20.9 Å². The van der Waals surface area contributed by atoms with Crippen LogP contribution in [0.25, 0.3) is 0 Å². The van der Waals surface area contributed by atoms with Gasteiger partial charge in [-0.3, -0.25) is 0 Å². The Morgan fingerprint density at radius 2 is 1.14 bits per heavy atom. The molecule has 0 spiro atoms. The summed E-state index contributed by atoms with van der Waals surface area (Å²) in [4.78, 5) is 0. The van der Waals surface area contributed by atoms with Crippen LogP contribution in [0.1, 0.15) is 12.8 Å². The number of nitrogens with two attached hydrogens (primary N) is 2. The quantitative estimate of drug-likeness (QED) is 0.248. The number of hydrogen-bond donors (Lipinski definition) is 3. The highest BCUT2D eigenvalue weighted by atomic mass is 28.4. The average Bonchev–Trinajstić information content (AvgIpc) is 2.62. The number of anilines is 2. The lowest BCUT2D eigenvalue weighted by atomic mass is 10.3. The van der Waals surface area contributed by atoms with Crippen molar-refractivity contribution in [1.82, 2.24) is 4.65 Å². The van der Waals surface area contributed by atoms with Crippen molar-refractivity contribution in [3.8, 4) is 11.5 Å². The van der Waals surface area contributed by atoms with E-state index < -0.39 is 16.5 Å². The SMILES string of the molecule is C[Si](C)(CCCOc1cccc(N)c1)N[Si](C)(C)CCCOc1cccc(N)c1. The molecule has 0 fully saturated rings. The summed E-state index contributed by atoms with van der Waals surface area (Å²) < 4.78 is 15.8. The van der Waals surface area contributed by atoms with E-state index in [1.807, 2.05) is 48.5 Å². The van der Waals surface area contributed by atoms with Crippen LogP contribution in [0.3, 0.4) is 0 Å². The number of nitrogens with one attached hydrogen (secondary N) is 1. The second-order valence-corrected chi connectivity index (χ2v) is 18.5. The van der Waals surface area contributed by atoms with E-state index in [9.17, 15) is 0 Å². The molecule has 29 heavy (non-hydrogen) atoms. The van der Waals surface area contributed by atoms with E-state index in [1.165, 1.54) is 12.1 Å². The van der Waals surface area contributed by atoms with Crippen LogP contribution < -0.4 is 25.6 Å². The van der Waals surface area contributed by atoms with Gasteiger partial charge in [-0.25, -0.2) is 0 Å². The first-order chi connectivity index (χ1) is 13.7. The molecule has 5 N–H and O–H groups in total. The summed E-state index contributed by atoms with van der Waals surface area (Å²) in [6.07, 6.45) is 2.12. The summed E-state index contributed by atoms with van der Waals surface area (Å²) in [5.74, 6) is 1.71. The highest BCUT2D eigenvalue weighted by Gasteiger charge is 2.30. The average molecular weight is 432 g/mol. The van der Waals surface area contributed by atoms with Crippen LogP contribution in [0.15, 0.2) is 48.5 Å². The van der Waals surface area contributed by atoms with Crippen LogP contribution >= 0.6 is 0 Å². The van der Waals surface area contributed by atoms with Gasteiger partial charge in [-0.15, -0.1) is 0 Å². The van der Waals surface area contributed by atoms with Crippen molar-refractivity contribution in [2.45, 2.75) is 51.1 Å². The Bertz CT molecular complexity index is 706. The Hall–Kier alpha value is -1.97. The number of benzene rings is 2. The third-order valence-corrected chi connectivity index (χ3v) is 13.4. The van der Waals surface area contributed by atoms with Crippen LogP contribution in [0, 0.1) is 0 Å². The van der Waals surface area contributed by atoms with Crippen LogP contribution in [0.2, 0.25) is 38.3 Å².